The fourth-order valence-electron chi connectivity index (χ4n) is 3.66. The molecule has 4 heteroatoms. The van der Waals surface area contributed by atoms with Crippen LogP contribution in [0.2, 0.25) is 0 Å². The van der Waals surface area contributed by atoms with Crippen LogP contribution in [0.5, 0.6) is 0 Å². The molecule has 4 aromatic rings. The number of hydrogen-bond acceptors (Lipinski definition) is 3. The Balaban J connectivity index is 1.53. The number of aromatic amines is 1. The minimum atomic E-state index is 0.819. The average molecular weight is 371 g/mol. The van der Waals surface area contributed by atoms with Crippen molar-refractivity contribution in [2.24, 2.45) is 0 Å². The van der Waals surface area contributed by atoms with E-state index < -0.39 is 0 Å². The Morgan fingerprint density at radius 1 is 0.786 bits per heavy atom. The standard InChI is InChI=1S/C24H26N4/c1-18-7-5-9-21(26-18)16-28(17-22-10-6-8-19(2)27-22)14-13-20-15-25-24-12-4-3-11-23(20)24/h3-12,15,25H,13-14,16-17H2,1-2H3. The maximum atomic E-state index is 4.70. The molecule has 0 saturated carbocycles. The van der Waals surface area contributed by atoms with Crippen LogP contribution in [-0.2, 0) is 19.5 Å². The van der Waals surface area contributed by atoms with Gasteiger partial charge in [-0.05, 0) is 56.2 Å². The third-order valence-corrected chi connectivity index (χ3v) is 5.04. The first-order valence-electron chi connectivity index (χ1n) is 9.80. The summed E-state index contributed by atoms with van der Waals surface area (Å²) in [4.78, 5) is 15.2. The maximum absolute atomic E-state index is 4.70. The van der Waals surface area contributed by atoms with Crippen molar-refractivity contribution in [3.8, 4) is 0 Å². The van der Waals surface area contributed by atoms with Crippen molar-refractivity contribution in [2.75, 3.05) is 6.54 Å². The molecule has 0 saturated heterocycles. The van der Waals surface area contributed by atoms with Crippen molar-refractivity contribution < 1.29 is 0 Å². The fourth-order valence-corrected chi connectivity index (χ4v) is 3.66. The van der Waals surface area contributed by atoms with Crippen LogP contribution < -0.4 is 0 Å². The first-order chi connectivity index (χ1) is 13.7. The summed E-state index contributed by atoms with van der Waals surface area (Å²) in [7, 11) is 0. The number of nitrogens with zero attached hydrogens (tertiary/aromatic N) is 3. The molecule has 0 bridgehead atoms. The molecule has 1 aromatic carbocycles. The van der Waals surface area contributed by atoms with Gasteiger partial charge in [-0.25, -0.2) is 0 Å². The molecule has 0 spiro atoms. The summed E-state index contributed by atoms with van der Waals surface area (Å²) in [6, 6.07) is 21.0. The van der Waals surface area contributed by atoms with E-state index in [1.54, 1.807) is 0 Å². The number of aryl methyl sites for hydroxylation is 2. The van der Waals surface area contributed by atoms with Gasteiger partial charge in [-0.1, -0.05) is 30.3 Å². The monoisotopic (exact) mass is 370 g/mol. The largest absolute Gasteiger partial charge is 0.361 e. The summed E-state index contributed by atoms with van der Waals surface area (Å²) in [6.45, 7) is 6.68. The highest BCUT2D eigenvalue weighted by Gasteiger charge is 2.11. The van der Waals surface area contributed by atoms with Crippen LogP contribution in [0.3, 0.4) is 0 Å². The lowest BCUT2D eigenvalue weighted by molar-refractivity contribution is 0.254. The lowest BCUT2D eigenvalue weighted by atomic mass is 10.1. The summed E-state index contributed by atoms with van der Waals surface area (Å²) in [5.74, 6) is 0. The number of benzene rings is 1. The molecule has 1 N–H and O–H groups in total. The summed E-state index contributed by atoms with van der Waals surface area (Å²) in [6.07, 6.45) is 3.13. The van der Waals surface area contributed by atoms with Gasteiger partial charge < -0.3 is 4.98 Å². The molecular weight excluding hydrogens is 344 g/mol. The summed E-state index contributed by atoms with van der Waals surface area (Å²) >= 11 is 0. The summed E-state index contributed by atoms with van der Waals surface area (Å²) < 4.78 is 0. The molecule has 28 heavy (non-hydrogen) atoms. The van der Waals surface area contributed by atoms with Crippen LogP contribution in [-0.4, -0.2) is 26.4 Å². The van der Waals surface area contributed by atoms with Gasteiger partial charge in [-0.15, -0.1) is 0 Å². The highest BCUT2D eigenvalue weighted by molar-refractivity contribution is 5.83. The third-order valence-electron chi connectivity index (χ3n) is 5.04. The molecule has 0 radical (unpaired) electrons. The van der Waals surface area contributed by atoms with Crippen LogP contribution in [0.4, 0.5) is 0 Å². The Morgan fingerprint density at radius 2 is 1.43 bits per heavy atom. The second-order valence-electron chi connectivity index (χ2n) is 7.36. The zero-order valence-electron chi connectivity index (χ0n) is 16.5. The van der Waals surface area contributed by atoms with Gasteiger partial charge in [0.15, 0.2) is 0 Å². The number of rotatable bonds is 7. The van der Waals surface area contributed by atoms with E-state index in [1.165, 1.54) is 16.5 Å². The topological polar surface area (TPSA) is 44.8 Å². The first-order valence-corrected chi connectivity index (χ1v) is 9.80. The van der Waals surface area contributed by atoms with Crippen molar-refractivity contribution in [3.63, 3.8) is 0 Å². The van der Waals surface area contributed by atoms with Crippen molar-refractivity contribution in [2.45, 2.75) is 33.4 Å². The van der Waals surface area contributed by atoms with E-state index in [9.17, 15) is 0 Å². The minimum absolute atomic E-state index is 0.819. The van der Waals surface area contributed by atoms with Crippen LogP contribution in [0.25, 0.3) is 10.9 Å². The molecule has 0 aliphatic heterocycles. The number of H-pyrrole nitrogens is 1. The second kappa shape index (κ2) is 8.36. The van der Waals surface area contributed by atoms with Crippen LogP contribution >= 0.6 is 0 Å². The molecule has 0 aliphatic carbocycles. The smallest absolute Gasteiger partial charge is 0.0547 e. The van der Waals surface area contributed by atoms with Gasteiger partial charge in [-0.3, -0.25) is 14.9 Å². The molecule has 4 nitrogen and oxygen atoms in total. The van der Waals surface area contributed by atoms with Gasteiger partial charge in [0.2, 0.25) is 0 Å². The number of pyridine rings is 2. The van der Waals surface area contributed by atoms with Crippen molar-refractivity contribution in [3.05, 3.63) is 95.2 Å². The van der Waals surface area contributed by atoms with Crippen molar-refractivity contribution >= 4 is 10.9 Å². The number of aromatic nitrogens is 3. The molecule has 0 amide bonds. The number of hydrogen-bond donors (Lipinski definition) is 1. The van der Waals surface area contributed by atoms with Gasteiger partial charge in [-0.2, -0.15) is 0 Å². The maximum Gasteiger partial charge on any atom is 0.0547 e. The van der Waals surface area contributed by atoms with E-state index in [1.807, 2.05) is 26.0 Å². The van der Waals surface area contributed by atoms with E-state index in [4.69, 9.17) is 9.97 Å². The number of fused-ring (bicyclic) bond motifs is 1. The molecule has 3 aromatic heterocycles. The zero-order chi connectivity index (χ0) is 19.3. The Hall–Kier alpha value is -2.98. The Bertz CT molecular complexity index is 1020. The molecule has 142 valence electrons. The third kappa shape index (κ3) is 4.46. The predicted octanol–water partition coefficient (Wildman–Crippen LogP) is 4.82. The lowest BCUT2D eigenvalue weighted by Gasteiger charge is -2.22. The fraction of sp³-hybridized carbons (Fsp3) is 0.250. The number of nitrogens with one attached hydrogen (secondary N) is 1. The van der Waals surface area contributed by atoms with E-state index >= 15 is 0 Å². The molecule has 4 rings (SSSR count). The second-order valence-corrected chi connectivity index (χ2v) is 7.36. The summed E-state index contributed by atoms with van der Waals surface area (Å²) in [5, 5.41) is 1.31. The highest BCUT2D eigenvalue weighted by Crippen LogP contribution is 2.19. The molecule has 3 heterocycles. The van der Waals surface area contributed by atoms with Crippen molar-refractivity contribution in [1.82, 2.24) is 19.9 Å². The van der Waals surface area contributed by atoms with E-state index in [2.05, 4.69) is 64.6 Å². The van der Waals surface area contributed by atoms with Gasteiger partial charge in [0.1, 0.15) is 0 Å². The first kappa shape index (κ1) is 18.4. The minimum Gasteiger partial charge on any atom is -0.361 e. The lowest BCUT2D eigenvalue weighted by Crippen LogP contribution is -2.26. The van der Waals surface area contributed by atoms with Crippen molar-refractivity contribution in [1.29, 1.82) is 0 Å². The van der Waals surface area contributed by atoms with Crippen LogP contribution in [0, 0.1) is 13.8 Å². The van der Waals surface area contributed by atoms with Crippen LogP contribution in [0.1, 0.15) is 28.3 Å². The zero-order valence-corrected chi connectivity index (χ0v) is 16.5. The Kier molecular flexibility index (Phi) is 5.49. The molecular formula is C24H26N4. The molecule has 0 atom stereocenters. The average Bonchev–Trinajstić information content (AvgIpc) is 3.09. The quantitative estimate of drug-likeness (QED) is 0.507. The Labute approximate surface area is 166 Å². The Morgan fingerprint density at radius 3 is 2.07 bits per heavy atom. The van der Waals surface area contributed by atoms with Crippen LogP contribution in [0.15, 0.2) is 66.9 Å². The normalized spacial score (nSPS) is 11.4. The van der Waals surface area contributed by atoms with E-state index in [0.29, 0.717) is 0 Å². The molecule has 0 fully saturated rings. The molecule has 0 unspecified atom stereocenters. The van der Waals surface area contributed by atoms with Gasteiger partial charge in [0, 0.05) is 48.1 Å². The van der Waals surface area contributed by atoms with Gasteiger partial charge >= 0.3 is 0 Å². The van der Waals surface area contributed by atoms with Gasteiger partial charge in [0.05, 0.1) is 11.4 Å². The van der Waals surface area contributed by atoms with Gasteiger partial charge in [0.25, 0.3) is 0 Å². The predicted molar refractivity (Wildman–Crippen MR) is 114 cm³/mol. The van der Waals surface area contributed by atoms with E-state index in [-0.39, 0.29) is 0 Å². The number of para-hydroxylation sites is 1. The highest BCUT2D eigenvalue weighted by atomic mass is 15.1. The SMILES string of the molecule is Cc1cccc(CN(CCc2c[nH]c3ccccc23)Cc2cccc(C)n2)n1. The summed E-state index contributed by atoms with van der Waals surface area (Å²) in [5.41, 5.74) is 6.88. The molecule has 0 aliphatic rings. The van der Waals surface area contributed by atoms with E-state index in [0.717, 1.165) is 48.8 Å².